The van der Waals surface area contributed by atoms with E-state index in [9.17, 15) is 77.3 Å². The lowest BCUT2D eigenvalue weighted by Gasteiger charge is -2.31. The summed E-state index contributed by atoms with van der Waals surface area (Å²) in [4.78, 5) is 249. The van der Waals surface area contributed by atoms with Crippen LogP contribution >= 0.6 is 35.0 Å². The Labute approximate surface area is 666 Å². The Morgan fingerprint density at radius 2 is 1.16 bits per heavy atom. The molecule has 0 unspecified atom stereocenters. The van der Waals surface area contributed by atoms with Crippen molar-refractivity contribution in [1.29, 1.82) is 0 Å². The van der Waals surface area contributed by atoms with Gasteiger partial charge in [-0.1, -0.05) is 59.6 Å². The molecule has 0 aliphatic carbocycles. The minimum atomic E-state index is -2.18. The molecule has 5 rings (SSSR count). The van der Waals surface area contributed by atoms with Gasteiger partial charge in [0.25, 0.3) is 0 Å². The van der Waals surface area contributed by atoms with Crippen LogP contribution in [0.1, 0.15) is 102 Å². The molecule has 0 saturated carbocycles. The third-order valence-electron chi connectivity index (χ3n) is 17.4. The van der Waals surface area contributed by atoms with Crippen LogP contribution < -0.4 is 103 Å². The highest BCUT2D eigenvalue weighted by Crippen LogP contribution is 2.25. The van der Waals surface area contributed by atoms with Crippen LogP contribution in [0.15, 0.2) is 72.9 Å². The van der Waals surface area contributed by atoms with Crippen LogP contribution in [0.5, 0.6) is 5.75 Å². The van der Waals surface area contributed by atoms with Crippen molar-refractivity contribution < 1.29 is 101 Å². The monoisotopic (exact) mass is 1650 g/mol. The number of hydrogen-bond donors (Lipinski definition) is 21. The van der Waals surface area contributed by atoms with Crippen LogP contribution in [-0.4, -0.2) is 224 Å². The average Bonchev–Trinajstić information content (AvgIpc) is 1.57. The zero-order valence-electron chi connectivity index (χ0n) is 62.4. The normalized spacial score (nSPS) is 18.9. The summed E-state index contributed by atoms with van der Waals surface area (Å²) in [5.41, 5.74) is 32.0. The Hall–Kier alpha value is -11.7. The highest BCUT2D eigenvalue weighted by Gasteiger charge is 2.41. The number of primary amides is 5. The lowest BCUT2D eigenvalue weighted by molar-refractivity contribution is -0.139. The Morgan fingerprint density at radius 1 is 0.614 bits per heavy atom. The molecule has 0 radical (unpaired) electrons. The number of amides is 17. The van der Waals surface area contributed by atoms with Crippen LogP contribution in [0.2, 0.25) is 10.0 Å². The maximum atomic E-state index is 15.4. The van der Waals surface area contributed by atoms with Crippen LogP contribution in [0.4, 0.5) is 0 Å². The zero-order valence-corrected chi connectivity index (χ0v) is 64.8. The summed E-state index contributed by atoms with van der Waals surface area (Å²) in [6.07, 6.45) is -7.22. The summed E-state index contributed by atoms with van der Waals surface area (Å²) in [6.45, 7) is 4.67. The molecule has 620 valence electrons. The van der Waals surface area contributed by atoms with E-state index in [1.165, 1.54) is 48.7 Å². The van der Waals surface area contributed by atoms with Gasteiger partial charge in [-0.2, -0.15) is 11.8 Å². The summed E-state index contributed by atoms with van der Waals surface area (Å²) in [5, 5.41) is 50.5. The number of ether oxygens (including phenoxy) is 1. The third kappa shape index (κ3) is 30.4. The Bertz CT molecular complexity index is 4230. The van der Waals surface area contributed by atoms with E-state index in [1.807, 2.05) is 0 Å². The van der Waals surface area contributed by atoms with Crippen molar-refractivity contribution in [2.75, 3.05) is 24.7 Å². The van der Waals surface area contributed by atoms with Gasteiger partial charge >= 0.3 is 5.97 Å². The number of carboxylic acid groups (broad SMARTS) is 1. The van der Waals surface area contributed by atoms with Crippen LogP contribution in [0.25, 0.3) is 10.9 Å². The fourth-order valence-electron chi connectivity index (χ4n) is 11.4. The predicted octanol–water partition coefficient (Wildman–Crippen LogP) is -5.76. The number of fused-ring (bicyclic) bond motifs is 1. The van der Waals surface area contributed by atoms with Crippen molar-refractivity contribution >= 4 is 152 Å². The SMILES string of the molecule is CC(=O)N[C@H]1CCSC[C@@H](C(=O)N[C@@H](Cc2ccc(OCCN)cc2)C(=O)N[C@@H](Cc2ccc(Cl)c(Cl)c2)C(=O)NC(C)(C)C(=O)N[C@@H](CCC(=O)O)C(=O)N[C@@H](CC(N)=O)C(=O)N[C@@H](CC(N)=O)C(N)=O)NC(=O)[C@H](CCC(N)=O)NC(=O)[C@H](Cc2c[nH]c3ccccc23)NC(=O)[C@H]([C@@H](C)O)NC(=O)[C@H](CCC(N)=O)NC1=O. The molecule has 1 aliphatic rings. The summed E-state index contributed by atoms with van der Waals surface area (Å²) < 4.78 is 5.66. The van der Waals surface area contributed by atoms with Crippen molar-refractivity contribution in [3.05, 3.63) is 99.7 Å². The first-order valence-electron chi connectivity index (χ1n) is 35.6. The van der Waals surface area contributed by atoms with Crippen molar-refractivity contribution in [1.82, 2.24) is 68.8 Å². The van der Waals surface area contributed by atoms with Crippen LogP contribution in [0, 0.1) is 0 Å². The highest BCUT2D eigenvalue weighted by atomic mass is 35.5. The summed E-state index contributed by atoms with van der Waals surface area (Å²) in [7, 11) is 0. The molecular weight excluding hydrogens is 1560 g/mol. The first-order valence-corrected chi connectivity index (χ1v) is 37.5. The molecule has 17 amide bonds. The standard InChI is InChI=1S/C71H95Cl2N19O21S/c1-33(93)58-69(111)88-50(28-37-31-80-42-8-6-5-7-39(37)42)65(107)83-43(15-18-53(75)95)60(102)89-52(32-114-24-21-46(81-34(2)94)62(104)82-44(63(105)91-58)16-19-54(76)96)67(109)85-48(26-35-9-12-38(13-10-35)113-23-22-74)64(106)86-49(27-36-11-14-40(72)41(73)25-36)68(110)92-71(3,4)70(112)90-45(17-20-57(99)100)61(103)87-51(30-56(78)98)66(108)84-47(59(79)101)29-55(77)97/h5-14,25,31,33,43-52,58,80,93H,15-24,26-30,32,74H2,1-4H3,(H2,75,95)(H2,76,96)(H2,77,97)(H2,78,98)(H2,79,101)(H,81,94)(H,82,104)(H,83,107)(H,84,108)(H,85,109)(H,86,106)(H,87,103)(H,88,111)(H,89,102)(H,90,112)(H,91,105)(H,92,110)(H,99,100)/t33-,43+,44+,45+,46+,47+,48+,49+,50+,51+,52+,58+/m1/s1. The number of aromatic nitrogens is 1. The molecule has 0 spiro atoms. The number of benzene rings is 3. The zero-order chi connectivity index (χ0) is 84.8. The van der Waals surface area contributed by atoms with Gasteiger partial charge < -0.3 is 118 Å². The van der Waals surface area contributed by atoms with Gasteiger partial charge in [0.05, 0.1) is 29.0 Å². The predicted molar refractivity (Wildman–Crippen MR) is 410 cm³/mol. The number of H-pyrrole nitrogens is 1. The van der Waals surface area contributed by atoms with Gasteiger partial charge in [0.15, 0.2) is 0 Å². The van der Waals surface area contributed by atoms with Crippen molar-refractivity contribution in [2.45, 2.75) is 183 Å². The second-order valence-corrected chi connectivity index (χ2v) is 29.1. The fraction of sp³-hybridized carbons (Fsp3) is 0.465. The molecule has 3 aromatic carbocycles. The molecule has 1 fully saturated rings. The molecule has 1 saturated heterocycles. The number of aliphatic hydroxyl groups is 1. The summed E-state index contributed by atoms with van der Waals surface area (Å²) >= 11 is 13.6. The topological polar surface area (TPSA) is 673 Å². The smallest absolute Gasteiger partial charge is 0.303 e. The molecule has 12 atom stereocenters. The second kappa shape index (κ2) is 44.5. The van der Waals surface area contributed by atoms with E-state index in [0.717, 1.165) is 39.5 Å². The molecule has 43 heteroatoms. The minimum Gasteiger partial charge on any atom is -0.492 e. The minimum absolute atomic E-state index is 0.0260. The van der Waals surface area contributed by atoms with E-state index in [0.29, 0.717) is 27.8 Å². The number of para-hydroxylation sites is 1. The van der Waals surface area contributed by atoms with E-state index in [2.05, 4.69) is 68.8 Å². The summed E-state index contributed by atoms with van der Waals surface area (Å²) in [6, 6.07) is -2.59. The molecule has 40 nitrogen and oxygen atoms in total. The number of aliphatic carboxylic acids is 1. The number of carbonyl (C=O) groups is 18. The molecule has 4 aromatic rings. The highest BCUT2D eigenvalue weighted by molar-refractivity contribution is 7.99. The first kappa shape index (κ1) is 92.9. The maximum Gasteiger partial charge on any atom is 0.303 e. The molecule has 2 heterocycles. The number of aliphatic hydroxyl groups excluding tert-OH is 1. The first-order chi connectivity index (χ1) is 53.6. The number of nitrogens with two attached hydrogens (primary N) is 6. The Balaban J connectivity index is 1.61. The van der Waals surface area contributed by atoms with Gasteiger partial charge in [0, 0.05) is 74.8 Å². The number of rotatable bonds is 37. The van der Waals surface area contributed by atoms with Gasteiger partial charge in [0.2, 0.25) is 100 Å². The number of thioether (sulfide) groups is 1. The van der Waals surface area contributed by atoms with Crippen molar-refractivity contribution in [2.24, 2.45) is 34.4 Å². The molecule has 0 bridgehead atoms. The summed E-state index contributed by atoms with van der Waals surface area (Å²) in [5.74, 6) is -20.8. The van der Waals surface area contributed by atoms with Gasteiger partial charge in [0.1, 0.15) is 84.4 Å². The number of nitrogens with one attached hydrogen (secondary N) is 13. The second-order valence-electron chi connectivity index (χ2n) is 27.2. The molecule has 1 aromatic heterocycles. The van der Waals surface area contributed by atoms with Crippen molar-refractivity contribution in [3.63, 3.8) is 0 Å². The van der Waals surface area contributed by atoms with E-state index < -0.39 is 254 Å². The van der Waals surface area contributed by atoms with Crippen molar-refractivity contribution in [3.8, 4) is 5.75 Å². The molecule has 27 N–H and O–H groups in total. The number of carboxylic acids is 1. The van der Waals surface area contributed by atoms with Crippen LogP contribution in [-0.2, 0) is 106 Å². The lowest BCUT2D eigenvalue weighted by atomic mass is 9.99. The molecule has 114 heavy (non-hydrogen) atoms. The quantitative estimate of drug-likeness (QED) is 0.0200. The van der Waals surface area contributed by atoms with E-state index in [-0.39, 0.29) is 47.4 Å². The van der Waals surface area contributed by atoms with Gasteiger partial charge in [-0.05, 0) is 99.2 Å². The van der Waals surface area contributed by atoms with Gasteiger partial charge in [-0.3, -0.25) is 86.3 Å². The van der Waals surface area contributed by atoms with Gasteiger partial charge in [-0.25, -0.2) is 0 Å². The van der Waals surface area contributed by atoms with Gasteiger partial charge in [-0.15, -0.1) is 0 Å². The van der Waals surface area contributed by atoms with Crippen LogP contribution in [0.3, 0.4) is 0 Å². The Morgan fingerprint density at radius 3 is 1.75 bits per heavy atom. The molecular formula is C71H95Cl2N19O21S. The van der Waals surface area contributed by atoms with E-state index >= 15 is 19.2 Å². The number of hydrogen-bond acceptors (Lipinski definition) is 22. The lowest BCUT2D eigenvalue weighted by Crippen LogP contribution is -2.64. The maximum absolute atomic E-state index is 15.4. The van der Waals surface area contributed by atoms with E-state index in [4.69, 9.17) is 62.3 Å². The Kier molecular flexibility index (Phi) is 36.3. The number of halogens is 2. The number of carbonyl (C=O) groups excluding carboxylic acids is 17. The number of aromatic amines is 1. The average molecular weight is 1650 g/mol. The van der Waals surface area contributed by atoms with E-state index in [1.54, 1.807) is 24.3 Å². The largest absolute Gasteiger partial charge is 0.492 e. The fourth-order valence-corrected chi connectivity index (χ4v) is 12.7. The third-order valence-corrected chi connectivity index (χ3v) is 19.2. The molecule has 1 aliphatic heterocycles.